The smallest absolute Gasteiger partial charge is 0.308 e. The van der Waals surface area contributed by atoms with Crippen molar-refractivity contribution in [3.8, 4) is 0 Å². The van der Waals surface area contributed by atoms with Gasteiger partial charge in [0, 0.05) is 19.0 Å². The van der Waals surface area contributed by atoms with Crippen LogP contribution in [0.25, 0.3) is 0 Å². The number of carboxylic acid groups (broad SMARTS) is 1. The van der Waals surface area contributed by atoms with Gasteiger partial charge in [-0.05, 0) is 38.9 Å². The molecule has 1 N–H and O–H groups in total. The largest absolute Gasteiger partial charge is 0.481 e. The van der Waals surface area contributed by atoms with E-state index in [1.165, 1.54) is 0 Å². The molecule has 0 aliphatic carbocycles. The van der Waals surface area contributed by atoms with Gasteiger partial charge in [0.1, 0.15) is 0 Å². The summed E-state index contributed by atoms with van der Waals surface area (Å²) in [6, 6.07) is -0.208. The third kappa shape index (κ3) is 3.95. The van der Waals surface area contributed by atoms with E-state index in [-0.39, 0.29) is 17.9 Å². The molecule has 0 aromatic carbocycles. The number of carboxylic acids is 1. The number of carbonyl (C=O) groups excluding carboxylic acids is 1. The van der Waals surface area contributed by atoms with Crippen molar-refractivity contribution in [2.75, 3.05) is 26.2 Å². The molecular weight excluding hydrogens is 256 g/mol. The summed E-state index contributed by atoms with van der Waals surface area (Å²) in [5.74, 6) is -1.21. The average molecular weight is 284 g/mol. The Morgan fingerprint density at radius 3 is 2.45 bits per heavy atom. The van der Waals surface area contributed by atoms with Gasteiger partial charge in [0.15, 0.2) is 0 Å². The Hall–Kier alpha value is -1.10. The zero-order valence-corrected chi connectivity index (χ0v) is 13.1. The van der Waals surface area contributed by atoms with Crippen molar-refractivity contribution in [2.24, 2.45) is 11.8 Å². The second-order valence-corrected chi connectivity index (χ2v) is 5.75. The molecule has 0 aromatic heterocycles. The van der Waals surface area contributed by atoms with Gasteiger partial charge in [0.25, 0.3) is 0 Å². The van der Waals surface area contributed by atoms with Gasteiger partial charge in [-0.2, -0.15) is 0 Å². The van der Waals surface area contributed by atoms with E-state index in [9.17, 15) is 14.7 Å². The van der Waals surface area contributed by atoms with Gasteiger partial charge in [0.2, 0.25) is 5.91 Å². The fourth-order valence-corrected chi connectivity index (χ4v) is 3.20. The Bertz CT molecular complexity index is 342. The van der Waals surface area contributed by atoms with Gasteiger partial charge in [-0.15, -0.1) is 0 Å². The molecule has 3 atom stereocenters. The number of amides is 1. The maximum atomic E-state index is 12.1. The second kappa shape index (κ2) is 7.62. The van der Waals surface area contributed by atoms with Crippen LogP contribution in [0.3, 0.4) is 0 Å². The highest BCUT2D eigenvalue weighted by Crippen LogP contribution is 2.30. The van der Waals surface area contributed by atoms with Crippen LogP contribution in [-0.4, -0.2) is 59.0 Å². The molecule has 0 spiro atoms. The second-order valence-electron chi connectivity index (χ2n) is 5.75. The first-order valence-corrected chi connectivity index (χ1v) is 7.66. The predicted octanol–water partition coefficient (Wildman–Crippen LogP) is 1.68. The summed E-state index contributed by atoms with van der Waals surface area (Å²) in [5, 5.41) is 9.33. The molecule has 1 heterocycles. The molecule has 1 amide bonds. The van der Waals surface area contributed by atoms with Crippen LogP contribution in [0.15, 0.2) is 0 Å². The monoisotopic (exact) mass is 284 g/mol. The van der Waals surface area contributed by atoms with Crippen LogP contribution in [0.5, 0.6) is 0 Å². The summed E-state index contributed by atoms with van der Waals surface area (Å²) in [7, 11) is 0. The highest BCUT2D eigenvalue weighted by Gasteiger charge is 2.41. The van der Waals surface area contributed by atoms with Crippen LogP contribution >= 0.6 is 0 Å². The van der Waals surface area contributed by atoms with E-state index < -0.39 is 11.9 Å². The minimum atomic E-state index is -0.786. The molecule has 0 radical (unpaired) electrons. The topological polar surface area (TPSA) is 60.9 Å². The highest BCUT2D eigenvalue weighted by molar-refractivity contribution is 5.81. The van der Waals surface area contributed by atoms with E-state index in [1.807, 2.05) is 13.8 Å². The normalized spacial score (nSPS) is 27.1. The first-order valence-electron chi connectivity index (χ1n) is 7.66. The quantitative estimate of drug-likeness (QED) is 0.772. The molecule has 3 unspecified atom stereocenters. The maximum Gasteiger partial charge on any atom is 0.308 e. The molecule has 1 rings (SSSR count). The van der Waals surface area contributed by atoms with Crippen LogP contribution in [0, 0.1) is 11.8 Å². The molecule has 20 heavy (non-hydrogen) atoms. The lowest BCUT2D eigenvalue weighted by molar-refractivity contribution is -0.154. The van der Waals surface area contributed by atoms with Crippen molar-refractivity contribution in [3.05, 3.63) is 0 Å². The first kappa shape index (κ1) is 17.0. The lowest BCUT2D eigenvalue weighted by Gasteiger charge is -2.41. The fourth-order valence-electron chi connectivity index (χ4n) is 3.20. The number of aliphatic carboxylic acids is 1. The van der Waals surface area contributed by atoms with E-state index in [1.54, 1.807) is 4.90 Å². The van der Waals surface area contributed by atoms with E-state index >= 15 is 0 Å². The Labute approximate surface area is 121 Å². The molecule has 0 saturated carbocycles. The minimum absolute atomic E-state index is 0.0750. The van der Waals surface area contributed by atoms with E-state index in [0.717, 1.165) is 26.1 Å². The van der Waals surface area contributed by atoms with Crippen LogP contribution in [0.4, 0.5) is 0 Å². The first-order chi connectivity index (χ1) is 9.42. The molecule has 116 valence electrons. The third-order valence-corrected chi connectivity index (χ3v) is 4.49. The number of nitrogens with zero attached hydrogens (tertiary/aromatic N) is 2. The Kier molecular flexibility index (Phi) is 6.46. The molecule has 5 nitrogen and oxygen atoms in total. The van der Waals surface area contributed by atoms with Crippen molar-refractivity contribution in [2.45, 2.75) is 46.6 Å². The Morgan fingerprint density at radius 1 is 1.35 bits per heavy atom. The molecule has 1 fully saturated rings. The summed E-state index contributed by atoms with van der Waals surface area (Å²) in [4.78, 5) is 27.6. The molecule has 0 bridgehead atoms. The summed E-state index contributed by atoms with van der Waals surface area (Å²) in [5.41, 5.74) is 0. The number of rotatable bonds is 7. The minimum Gasteiger partial charge on any atom is -0.481 e. The summed E-state index contributed by atoms with van der Waals surface area (Å²) < 4.78 is 0. The molecule has 0 aromatic rings. The molecule has 5 heteroatoms. The summed E-state index contributed by atoms with van der Waals surface area (Å²) in [6.07, 6.45) is 1.26. The van der Waals surface area contributed by atoms with Crippen molar-refractivity contribution in [1.29, 1.82) is 0 Å². The van der Waals surface area contributed by atoms with Gasteiger partial charge in [-0.1, -0.05) is 20.8 Å². The zero-order valence-electron chi connectivity index (χ0n) is 13.1. The zero-order chi connectivity index (χ0) is 15.3. The van der Waals surface area contributed by atoms with Crippen LogP contribution in [0.2, 0.25) is 0 Å². The lowest BCUT2D eigenvalue weighted by atomic mass is 9.81. The van der Waals surface area contributed by atoms with Crippen LogP contribution in [0.1, 0.15) is 40.5 Å². The van der Waals surface area contributed by atoms with E-state index in [4.69, 9.17) is 0 Å². The van der Waals surface area contributed by atoms with Gasteiger partial charge in [-0.3, -0.25) is 9.59 Å². The van der Waals surface area contributed by atoms with Crippen LogP contribution < -0.4 is 0 Å². The van der Waals surface area contributed by atoms with E-state index in [2.05, 4.69) is 18.7 Å². The van der Waals surface area contributed by atoms with Crippen molar-refractivity contribution in [1.82, 2.24) is 9.80 Å². The van der Waals surface area contributed by atoms with Gasteiger partial charge >= 0.3 is 5.97 Å². The van der Waals surface area contributed by atoms with Gasteiger partial charge in [0.05, 0.1) is 5.92 Å². The number of hydrogen-bond donors (Lipinski definition) is 1. The maximum absolute atomic E-state index is 12.1. The van der Waals surface area contributed by atoms with Crippen molar-refractivity contribution < 1.29 is 14.7 Å². The lowest BCUT2D eigenvalue weighted by Crippen LogP contribution is -2.53. The fraction of sp³-hybridized carbons (Fsp3) is 0.867. The number of hydrogen-bond acceptors (Lipinski definition) is 3. The summed E-state index contributed by atoms with van der Waals surface area (Å²) >= 11 is 0. The Morgan fingerprint density at radius 2 is 1.95 bits per heavy atom. The number of likely N-dealkylation sites (tertiary alicyclic amines) is 1. The average Bonchev–Trinajstić information content (AvgIpc) is 2.37. The summed E-state index contributed by atoms with van der Waals surface area (Å²) in [6.45, 7) is 11.6. The number of carbonyl (C=O) groups is 2. The van der Waals surface area contributed by atoms with Gasteiger partial charge in [-0.25, -0.2) is 0 Å². The highest BCUT2D eigenvalue weighted by atomic mass is 16.4. The standard InChI is InChI=1S/C15H28N2O3/c1-5-16(6-2)8-7-9-17-12(4)14(15(19)20)11(3)10-13(17)18/h11-12,14H,5-10H2,1-4H3,(H,19,20). The van der Waals surface area contributed by atoms with E-state index in [0.29, 0.717) is 13.0 Å². The van der Waals surface area contributed by atoms with Crippen molar-refractivity contribution >= 4 is 11.9 Å². The molecule has 1 saturated heterocycles. The van der Waals surface area contributed by atoms with Gasteiger partial charge < -0.3 is 14.9 Å². The number of piperidine rings is 1. The van der Waals surface area contributed by atoms with Crippen LogP contribution in [-0.2, 0) is 9.59 Å². The molecular formula is C15H28N2O3. The Balaban J connectivity index is 2.59. The molecule has 1 aliphatic rings. The van der Waals surface area contributed by atoms with Crippen molar-refractivity contribution in [3.63, 3.8) is 0 Å². The SMILES string of the molecule is CCN(CC)CCCN1C(=O)CC(C)C(C(=O)O)C1C. The predicted molar refractivity (Wildman–Crippen MR) is 78.5 cm³/mol. The molecule has 1 aliphatic heterocycles. The third-order valence-electron chi connectivity index (χ3n) is 4.49.